The number of ketones is 2. The molecule has 4 aromatic rings. The number of amides is 1. The lowest BCUT2D eigenvalue weighted by Gasteiger charge is -2.18. The lowest BCUT2D eigenvalue weighted by atomic mass is 9.84. The number of nitrogens with zero attached hydrogens (tertiary/aromatic N) is 1. The Hall–Kier alpha value is -3.95. The second kappa shape index (κ2) is 8.77. The van der Waals surface area contributed by atoms with Crippen molar-refractivity contribution in [3.8, 4) is 10.6 Å². The number of aryl methyl sites for hydroxylation is 1. The van der Waals surface area contributed by atoms with Crippen LogP contribution in [0, 0.1) is 6.92 Å². The highest BCUT2D eigenvalue weighted by molar-refractivity contribution is 7.17. The maximum absolute atomic E-state index is 12.8. The molecule has 1 aliphatic carbocycles. The van der Waals surface area contributed by atoms with Gasteiger partial charge in [0.05, 0.1) is 5.69 Å². The van der Waals surface area contributed by atoms with Crippen molar-refractivity contribution in [1.29, 1.82) is 0 Å². The quantitative estimate of drug-likeness (QED) is 0.358. The van der Waals surface area contributed by atoms with Gasteiger partial charge in [0.15, 0.2) is 18.2 Å². The van der Waals surface area contributed by atoms with Gasteiger partial charge in [0.1, 0.15) is 9.88 Å². The third-order valence-electron chi connectivity index (χ3n) is 5.29. The van der Waals surface area contributed by atoms with E-state index in [1.165, 1.54) is 40.9 Å². The van der Waals surface area contributed by atoms with Crippen LogP contribution < -0.4 is 5.32 Å². The molecule has 1 amide bonds. The molecule has 0 radical (unpaired) electrons. The van der Waals surface area contributed by atoms with Gasteiger partial charge in [-0.25, -0.2) is 9.78 Å². The molecule has 0 spiro atoms. The molecular formula is C25H16N2O5S2. The van der Waals surface area contributed by atoms with E-state index in [-0.39, 0.29) is 22.7 Å². The van der Waals surface area contributed by atoms with E-state index in [4.69, 9.17) is 4.74 Å². The Morgan fingerprint density at radius 1 is 0.971 bits per heavy atom. The Labute approximate surface area is 202 Å². The van der Waals surface area contributed by atoms with Crippen LogP contribution >= 0.6 is 22.7 Å². The summed E-state index contributed by atoms with van der Waals surface area (Å²) in [6.45, 7) is 1.21. The normalized spacial score (nSPS) is 12.1. The van der Waals surface area contributed by atoms with Gasteiger partial charge in [-0.05, 0) is 36.6 Å². The molecule has 9 heteroatoms. The molecule has 0 atom stereocenters. The molecule has 1 aliphatic rings. The van der Waals surface area contributed by atoms with E-state index in [0.717, 1.165) is 5.56 Å². The molecule has 168 valence electrons. The number of esters is 1. The molecule has 34 heavy (non-hydrogen) atoms. The highest BCUT2D eigenvalue weighted by atomic mass is 32.1. The van der Waals surface area contributed by atoms with Crippen LogP contribution in [0.3, 0.4) is 0 Å². The molecule has 2 heterocycles. The number of carbonyl (C=O) groups is 4. The zero-order valence-corrected chi connectivity index (χ0v) is 19.4. The number of hydrogen-bond acceptors (Lipinski definition) is 8. The van der Waals surface area contributed by atoms with Crippen LogP contribution in [-0.2, 0) is 9.53 Å². The van der Waals surface area contributed by atoms with Gasteiger partial charge < -0.3 is 10.1 Å². The van der Waals surface area contributed by atoms with Crippen LogP contribution in [0.5, 0.6) is 0 Å². The fourth-order valence-corrected chi connectivity index (χ4v) is 5.34. The van der Waals surface area contributed by atoms with E-state index in [1.807, 2.05) is 16.8 Å². The maximum Gasteiger partial charge on any atom is 0.350 e. The number of benzene rings is 2. The molecular weight excluding hydrogens is 472 g/mol. The fraction of sp³-hybridized carbons (Fsp3) is 0.0800. The maximum atomic E-state index is 12.8. The Morgan fingerprint density at radius 2 is 1.68 bits per heavy atom. The molecule has 2 aromatic carbocycles. The SMILES string of the molecule is Cc1nc(-c2ccsc2)sc1C(=O)OCC(=O)Nc1ccc2c(c1)C(=O)c1ccccc1C2=O. The molecule has 0 bridgehead atoms. The van der Waals surface area contributed by atoms with Crippen LogP contribution in [0.15, 0.2) is 59.3 Å². The summed E-state index contributed by atoms with van der Waals surface area (Å²) in [5.41, 5.74) is 3.00. The van der Waals surface area contributed by atoms with Gasteiger partial charge in [-0.2, -0.15) is 11.3 Å². The zero-order chi connectivity index (χ0) is 23.8. The molecule has 2 aromatic heterocycles. The van der Waals surface area contributed by atoms with Gasteiger partial charge in [-0.3, -0.25) is 14.4 Å². The Morgan fingerprint density at radius 3 is 2.38 bits per heavy atom. The first-order valence-corrected chi connectivity index (χ1v) is 12.0. The summed E-state index contributed by atoms with van der Waals surface area (Å²) in [7, 11) is 0. The minimum absolute atomic E-state index is 0.222. The second-order valence-corrected chi connectivity index (χ2v) is 9.31. The van der Waals surface area contributed by atoms with Crippen LogP contribution in [0.25, 0.3) is 10.6 Å². The molecule has 7 nitrogen and oxygen atoms in total. The van der Waals surface area contributed by atoms with Gasteiger partial charge in [-0.15, -0.1) is 11.3 Å². The summed E-state index contributed by atoms with van der Waals surface area (Å²) in [5.74, 6) is -1.72. The number of nitrogens with one attached hydrogen (secondary N) is 1. The first kappa shape index (κ1) is 21.9. The predicted octanol–water partition coefficient (Wildman–Crippen LogP) is 4.75. The second-order valence-electron chi connectivity index (χ2n) is 7.53. The van der Waals surface area contributed by atoms with Gasteiger partial charge >= 0.3 is 5.97 Å². The van der Waals surface area contributed by atoms with Crippen LogP contribution in [0.1, 0.15) is 47.2 Å². The number of hydrogen-bond donors (Lipinski definition) is 1. The molecule has 0 fully saturated rings. The Bertz CT molecular complexity index is 1470. The Balaban J connectivity index is 1.26. The highest BCUT2D eigenvalue weighted by Gasteiger charge is 2.29. The van der Waals surface area contributed by atoms with Crippen molar-refractivity contribution in [2.75, 3.05) is 11.9 Å². The van der Waals surface area contributed by atoms with E-state index in [9.17, 15) is 19.2 Å². The fourth-order valence-electron chi connectivity index (χ4n) is 3.67. The molecule has 0 saturated heterocycles. The van der Waals surface area contributed by atoms with Gasteiger partial charge in [0, 0.05) is 38.9 Å². The molecule has 0 unspecified atom stereocenters. The van der Waals surface area contributed by atoms with Crippen molar-refractivity contribution in [3.05, 3.63) is 92.1 Å². The standard InChI is InChI=1S/C25H16N2O5S2/c1-13-23(34-24(26-13)14-8-9-33-12-14)25(31)32-11-20(28)27-15-6-7-18-19(10-15)22(30)17-5-3-2-4-16(17)21(18)29/h2-10,12H,11H2,1H3,(H,27,28). The van der Waals surface area contributed by atoms with Crippen LogP contribution in [0.2, 0.25) is 0 Å². The summed E-state index contributed by atoms with van der Waals surface area (Å²) in [6.07, 6.45) is 0. The lowest BCUT2D eigenvalue weighted by Crippen LogP contribution is -2.23. The monoisotopic (exact) mass is 488 g/mol. The van der Waals surface area contributed by atoms with Crippen LogP contribution in [-0.4, -0.2) is 35.0 Å². The summed E-state index contributed by atoms with van der Waals surface area (Å²) < 4.78 is 5.17. The number of carbonyl (C=O) groups excluding carboxylic acids is 4. The zero-order valence-electron chi connectivity index (χ0n) is 17.8. The smallest absolute Gasteiger partial charge is 0.350 e. The van der Waals surface area contributed by atoms with Crippen molar-refractivity contribution in [3.63, 3.8) is 0 Å². The topological polar surface area (TPSA) is 102 Å². The molecule has 5 rings (SSSR count). The van der Waals surface area contributed by atoms with Gasteiger partial charge in [-0.1, -0.05) is 24.3 Å². The summed E-state index contributed by atoms with van der Waals surface area (Å²) >= 11 is 2.75. The minimum atomic E-state index is -0.630. The molecule has 0 saturated carbocycles. The first-order valence-electron chi connectivity index (χ1n) is 10.2. The average molecular weight is 489 g/mol. The van der Waals surface area contributed by atoms with Gasteiger partial charge in [0.2, 0.25) is 0 Å². The molecule has 0 aliphatic heterocycles. The van der Waals surface area contributed by atoms with Crippen molar-refractivity contribution in [2.24, 2.45) is 0 Å². The average Bonchev–Trinajstić information content (AvgIpc) is 3.51. The van der Waals surface area contributed by atoms with E-state index in [0.29, 0.717) is 32.4 Å². The number of ether oxygens (including phenoxy) is 1. The highest BCUT2D eigenvalue weighted by Crippen LogP contribution is 2.30. The Kier molecular flexibility index (Phi) is 5.64. The van der Waals surface area contributed by atoms with Crippen molar-refractivity contribution >= 4 is 51.8 Å². The summed E-state index contributed by atoms with van der Waals surface area (Å²) in [6, 6.07) is 13.1. The number of fused-ring (bicyclic) bond motifs is 2. The van der Waals surface area contributed by atoms with Crippen molar-refractivity contribution in [1.82, 2.24) is 4.98 Å². The number of rotatable bonds is 5. The third kappa shape index (κ3) is 3.95. The summed E-state index contributed by atoms with van der Waals surface area (Å²) in [5, 5.41) is 7.19. The van der Waals surface area contributed by atoms with Crippen molar-refractivity contribution < 1.29 is 23.9 Å². The van der Waals surface area contributed by atoms with Crippen molar-refractivity contribution in [2.45, 2.75) is 6.92 Å². The number of aromatic nitrogens is 1. The third-order valence-corrected chi connectivity index (χ3v) is 7.16. The van der Waals surface area contributed by atoms with E-state index in [2.05, 4.69) is 10.3 Å². The largest absolute Gasteiger partial charge is 0.451 e. The van der Waals surface area contributed by atoms with E-state index >= 15 is 0 Å². The lowest BCUT2D eigenvalue weighted by molar-refractivity contribution is -0.119. The predicted molar refractivity (Wildman–Crippen MR) is 129 cm³/mol. The van der Waals surface area contributed by atoms with Gasteiger partial charge in [0.25, 0.3) is 5.91 Å². The minimum Gasteiger partial charge on any atom is -0.451 e. The van der Waals surface area contributed by atoms with E-state index in [1.54, 1.807) is 31.2 Å². The number of thiazole rings is 1. The van der Waals surface area contributed by atoms with E-state index < -0.39 is 18.5 Å². The number of thiophene rings is 1. The first-order chi connectivity index (χ1) is 16.4. The summed E-state index contributed by atoms with van der Waals surface area (Å²) in [4.78, 5) is 55.2. The number of anilines is 1. The van der Waals surface area contributed by atoms with Crippen LogP contribution in [0.4, 0.5) is 5.69 Å². The molecule has 1 N–H and O–H groups in total.